The molecule has 0 saturated heterocycles. The summed E-state index contributed by atoms with van der Waals surface area (Å²) in [6, 6.07) is 2.60. The van der Waals surface area contributed by atoms with Crippen LogP contribution in [-0.2, 0) is 4.74 Å². The fourth-order valence-corrected chi connectivity index (χ4v) is 2.62. The molecule has 0 atom stereocenters. The fraction of sp³-hybridized carbons (Fsp3) is 0.933. The molecule has 1 saturated carbocycles. The van der Waals surface area contributed by atoms with Crippen LogP contribution in [0.4, 0.5) is 0 Å². The quantitative estimate of drug-likeness (QED) is 0.639. The van der Waals surface area contributed by atoms with Crippen LogP contribution in [0.5, 0.6) is 0 Å². The van der Waals surface area contributed by atoms with Crippen molar-refractivity contribution >= 4 is 0 Å². The van der Waals surface area contributed by atoms with Crippen molar-refractivity contribution in [1.29, 1.82) is 5.26 Å². The second kappa shape index (κ2) is 8.53. The molecule has 0 amide bonds. The van der Waals surface area contributed by atoms with E-state index in [1.165, 1.54) is 38.5 Å². The van der Waals surface area contributed by atoms with Crippen molar-refractivity contribution in [1.82, 2.24) is 0 Å². The molecule has 2 nitrogen and oxygen atoms in total. The molecule has 1 aliphatic rings. The van der Waals surface area contributed by atoms with E-state index in [-0.39, 0.29) is 5.41 Å². The Labute approximate surface area is 106 Å². The van der Waals surface area contributed by atoms with E-state index in [1.807, 2.05) is 0 Å². The second-order valence-corrected chi connectivity index (χ2v) is 5.38. The molecular weight excluding hydrogens is 210 g/mol. The lowest BCUT2D eigenvalue weighted by Gasteiger charge is -2.28. The average molecular weight is 237 g/mol. The summed E-state index contributed by atoms with van der Waals surface area (Å²) in [5.74, 6) is 0. The van der Waals surface area contributed by atoms with E-state index in [1.54, 1.807) is 0 Å². The third-order valence-corrected chi connectivity index (χ3v) is 3.92. The minimum atomic E-state index is -0.0768. The summed E-state index contributed by atoms with van der Waals surface area (Å²) in [6.07, 6.45) is 11.8. The molecule has 1 aliphatic carbocycles. The molecule has 0 aliphatic heterocycles. The summed E-state index contributed by atoms with van der Waals surface area (Å²) in [5.41, 5.74) is -0.0768. The molecule has 0 radical (unpaired) electrons. The van der Waals surface area contributed by atoms with Crippen LogP contribution in [0.15, 0.2) is 0 Å². The van der Waals surface area contributed by atoms with Gasteiger partial charge >= 0.3 is 0 Å². The van der Waals surface area contributed by atoms with Crippen molar-refractivity contribution in [2.45, 2.75) is 71.1 Å². The maximum Gasteiger partial charge on any atom is 0.0690 e. The van der Waals surface area contributed by atoms with Crippen molar-refractivity contribution in [3.8, 4) is 6.07 Å². The van der Waals surface area contributed by atoms with Gasteiger partial charge in [0.2, 0.25) is 0 Å². The second-order valence-electron chi connectivity index (χ2n) is 5.38. The summed E-state index contributed by atoms with van der Waals surface area (Å²) >= 11 is 0. The maximum absolute atomic E-state index is 9.46. The normalized spacial score (nSPS) is 20.2. The van der Waals surface area contributed by atoms with Crippen LogP contribution in [-0.4, -0.2) is 13.2 Å². The van der Waals surface area contributed by atoms with E-state index >= 15 is 0 Å². The number of ether oxygens (including phenoxy) is 1. The van der Waals surface area contributed by atoms with Gasteiger partial charge in [0, 0.05) is 13.2 Å². The van der Waals surface area contributed by atoms with Gasteiger partial charge in [-0.1, -0.05) is 45.4 Å². The lowest BCUT2D eigenvalue weighted by atomic mass is 9.75. The lowest BCUT2D eigenvalue weighted by molar-refractivity contribution is 0.0981. The minimum Gasteiger partial charge on any atom is -0.381 e. The number of hydrogen-bond acceptors (Lipinski definition) is 2. The predicted molar refractivity (Wildman–Crippen MR) is 70.7 cm³/mol. The smallest absolute Gasteiger partial charge is 0.0690 e. The van der Waals surface area contributed by atoms with Gasteiger partial charge in [-0.25, -0.2) is 0 Å². The van der Waals surface area contributed by atoms with Crippen molar-refractivity contribution in [3.05, 3.63) is 0 Å². The Morgan fingerprint density at radius 2 is 1.71 bits per heavy atom. The van der Waals surface area contributed by atoms with Gasteiger partial charge in [0.15, 0.2) is 0 Å². The maximum atomic E-state index is 9.46. The largest absolute Gasteiger partial charge is 0.381 e. The van der Waals surface area contributed by atoms with E-state index in [9.17, 15) is 5.26 Å². The van der Waals surface area contributed by atoms with Crippen LogP contribution in [0.3, 0.4) is 0 Å². The van der Waals surface area contributed by atoms with E-state index in [2.05, 4.69) is 13.0 Å². The van der Waals surface area contributed by atoms with E-state index < -0.39 is 0 Å². The van der Waals surface area contributed by atoms with Crippen LogP contribution in [0, 0.1) is 16.7 Å². The monoisotopic (exact) mass is 237 g/mol. The van der Waals surface area contributed by atoms with Gasteiger partial charge < -0.3 is 4.74 Å². The van der Waals surface area contributed by atoms with Crippen LogP contribution in [0.2, 0.25) is 0 Å². The van der Waals surface area contributed by atoms with Gasteiger partial charge in [0.25, 0.3) is 0 Å². The Hall–Kier alpha value is -0.550. The van der Waals surface area contributed by atoms with E-state index in [4.69, 9.17) is 4.74 Å². The number of hydrogen-bond donors (Lipinski definition) is 0. The van der Waals surface area contributed by atoms with E-state index in [0.717, 1.165) is 38.9 Å². The molecule has 0 heterocycles. The Morgan fingerprint density at radius 3 is 2.29 bits per heavy atom. The van der Waals surface area contributed by atoms with E-state index in [0.29, 0.717) is 0 Å². The molecule has 2 heteroatoms. The minimum absolute atomic E-state index is 0.0768. The van der Waals surface area contributed by atoms with Gasteiger partial charge in [-0.3, -0.25) is 0 Å². The van der Waals surface area contributed by atoms with Gasteiger partial charge in [-0.05, 0) is 25.7 Å². The third kappa shape index (κ3) is 5.55. The first kappa shape index (κ1) is 14.5. The van der Waals surface area contributed by atoms with Gasteiger partial charge in [0.05, 0.1) is 11.5 Å². The topological polar surface area (TPSA) is 33.0 Å². The van der Waals surface area contributed by atoms with Crippen molar-refractivity contribution in [2.24, 2.45) is 5.41 Å². The summed E-state index contributed by atoms with van der Waals surface area (Å²) in [4.78, 5) is 0. The summed E-state index contributed by atoms with van der Waals surface area (Å²) in [5, 5.41) is 9.46. The molecular formula is C15H27NO. The Balaban J connectivity index is 2.30. The molecule has 0 bridgehead atoms. The molecule has 17 heavy (non-hydrogen) atoms. The molecule has 0 aromatic rings. The SMILES string of the molecule is CCCCOCCC1(C#N)CCCCCCC1. The zero-order valence-corrected chi connectivity index (χ0v) is 11.3. The molecule has 98 valence electrons. The predicted octanol–water partition coefficient (Wildman–Crippen LogP) is 4.45. The Kier molecular flexibility index (Phi) is 7.28. The van der Waals surface area contributed by atoms with Gasteiger partial charge in [0.1, 0.15) is 0 Å². The highest BCUT2D eigenvalue weighted by Gasteiger charge is 2.29. The molecule has 1 rings (SSSR count). The fourth-order valence-electron chi connectivity index (χ4n) is 2.62. The number of nitriles is 1. The molecule has 1 fully saturated rings. The first-order valence-corrected chi connectivity index (χ1v) is 7.32. The highest BCUT2D eigenvalue weighted by Crippen LogP contribution is 2.36. The van der Waals surface area contributed by atoms with Crippen LogP contribution in [0.25, 0.3) is 0 Å². The van der Waals surface area contributed by atoms with Gasteiger partial charge in [-0.2, -0.15) is 5.26 Å². The molecule has 0 N–H and O–H groups in total. The van der Waals surface area contributed by atoms with Crippen molar-refractivity contribution in [2.75, 3.05) is 13.2 Å². The lowest BCUT2D eigenvalue weighted by Crippen LogP contribution is -2.22. The highest BCUT2D eigenvalue weighted by atomic mass is 16.5. The molecule has 0 aromatic carbocycles. The number of unbranched alkanes of at least 4 members (excludes halogenated alkanes) is 1. The zero-order chi connectivity index (χ0) is 12.4. The molecule has 0 aromatic heterocycles. The van der Waals surface area contributed by atoms with Crippen molar-refractivity contribution in [3.63, 3.8) is 0 Å². The summed E-state index contributed by atoms with van der Waals surface area (Å²) in [6.45, 7) is 3.81. The standard InChI is InChI=1S/C15H27NO/c1-2-3-12-17-13-11-15(14-16)9-7-5-4-6-8-10-15/h2-13H2,1H3. The van der Waals surface area contributed by atoms with Crippen LogP contribution >= 0.6 is 0 Å². The summed E-state index contributed by atoms with van der Waals surface area (Å²) in [7, 11) is 0. The van der Waals surface area contributed by atoms with Crippen molar-refractivity contribution < 1.29 is 4.74 Å². The molecule has 0 spiro atoms. The van der Waals surface area contributed by atoms with Crippen LogP contribution < -0.4 is 0 Å². The zero-order valence-electron chi connectivity index (χ0n) is 11.3. The molecule has 0 unspecified atom stereocenters. The third-order valence-electron chi connectivity index (χ3n) is 3.92. The Morgan fingerprint density at radius 1 is 1.06 bits per heavy atom. The first-order valence-electron chi connectivity index (χ1n) is 7.32. The Bertz CT molecular complexity index is 224. The van der Waals surface area contributed by atoms with Gasteiger partial charge in [-0.15, -0.1) is 0 Å². The van der Waals surface area contributed by atoms with Crippen LogP contribution in [0.1, 0.15) is 71.1 Å². The number of rotatable bonds is 6. The summed E-state index contributed by atoms with van der Waals surface area (Å²) < 4.78 is 5.62. The first-order chi connectivity index (χ1) is 8.33. The highest BCUT2D eigenvalue weighted by molar-refractivity contribution is 4.99. The number of nitrogens with zero attached hydrogens (tertiary/aromatic N) is 1. The average Bonchev–Trinajstić information content (AvgIpc) is 2.32.